The molecule has 2 nitrogen and oxygen atoms in total. The topological polar surface area (TPSA) is 29.3 Å². The van der Waals surface area contributed by atoms with Gasteiger partial charge in [0.2, 0.25) is 0 Å². The molecule has 1 heterocycles. The Morgan fingerprint density at radius 3 is 1.89 bits per heavy atom. The lowest BCUT2D eigenvalue weighted by Gasteiger charge is -2.59. The van der Waals surface area contributed by atoms with Crippen molar-refractivity contribution in [3.8, 4) is 0 Å². The van der Waals surface area contributed by atoms with Gasteiger partial charge in [0.1, 0.15) is 0 Å². The summed E-state index contributed by atoms with van der Waals surface area (Å²) in [6.07, 6.45) is 13.0. The van der Waals surface area contributed by atoms with E-state index in [1.807, 2.05) is 0 Å². The van der Waals surface area contributed by atoms with Crippen molar-refractivity contribution in [3.63, 3.8) is 0 Å². The molecule has 4 aliphatic carbocycles. The van der Waals surface area contributed by atoms with Gasteiger partial charge in [-0.05, 0) is 101 Å². The molecule has 1 saturated heterocycles. The summed E-state index contributed by atoms with van der Waals surface area (Å²) in [4.78, 5) is 2.45. The lowest BCUT2D eigenvalue weighted by Crippen LogP contribution is -2.55. The average molecular weight is 262 g/mol. The smallest absolute Gasteiger partial charge is 0.0184 e. The van der Waals surface area contributed by atoms with Crippen LogP contribution in [0.4, 0.5) is 0 Å². The highest BCUT2D eigenvalue weighted by molar-refractivity contribution is 5.05. The molecule has 0 aromatic rings. The highest BCUT2D eigenvalue weighted by Crippen LogP contribution is 2.62. The molecule has 108 valence electrons. The molecule has 0 amide bonds. The molecule has 0 aromatic carbocycles. The minimum absolute atomic E-state index is 0.165. The zero-order valence-corrected chi connectivity index (χ0v) is 12.5. The van der Waals surface area contributed by atoms with Crippen LogP contribution in [-0.2, 0) is 0 Å². The lowest BCUT2D eigenvalue weighted by molar-refractivity contribution is -0.0723. The second-order valence-corrected chi connectivity index (χ2v) is 8.76. The van der Waals surface area contributed by atoms with E-state index in [0.29, 0.717) is 5.41 Å². The normalized spacial score (nSPS) is 48.6. The van der Waals surface area contributed by atoms with E-state index in [4.69, 9.17) is 5.73 Å². The molecule has 2 N–H and O–H groups in total. The first kappa shape index (κ1) is 12.6. The van der Waals surface area contributed by atoms with Gasteiger partial charge in [0.05, 0.1) is 0 Å². The number of likely N-dealkylation sites (tertiary alicyclic amines) is 1. The molecule has 5 rings (SSSR count). The Morgan fingerprint density at radius 2 is 1.42 bits per heavy atom. The maximum Gasteiger partial charge on any atom is 0.0184 e. The van der Waals surface area contributed by atoms with Gasteiger partial charge in [0.25, 0.3) is 0 Å². The van der Waals surface area contributed by atoms with Crippen LogP contribution in [0.1, 0.15) is 57.8 Å². The van der Waals surface area contributed by atoms with E-state index in [0.717, 1.165) is 17.8 Å². The van der Waals surface area contributed by atoms with E-state index in [9.17, 15) is 0 Å². The fraction of sp³-hybridized carbons (Fsp3) is 1.00. The fourth-order valence-corrected chi connectivity index (χ4v) is 6.49. The van der Waals surface area contributed by atoms with Gasteiger partial charge in [-0.3, -0.25) is 0 Å². The van der Waals surface area contributed by atoms with Crippen LogP contribution in [-0.4, -0.2) is 30.6 Å². The van der Waals surface area contributed by atoms with Gasteiger partial charge in [-0.2, -0.15) is 0 Å². The van der Waals surface area contributed by atoms with Crippen LogP contribution in [0, 0.1) is 23.2 Å². The van der Waals surface area contributed by atoms with Gasteiger partial charge in [-0.15, -0.1) is 0 Å². The van der Waals surface area contributed by atoms with Gasteiger partial charge in [-0.25, -0.2) is 0 Å². The summed E-state index contributed by atoms with van der Waals surface area (Å²) in [7, 11) is 2.24. The van der Waals surface area contributed by atoms with Crippen molar-refractivity contribution >= 4 is 0 Å². The zero-order chi connectivity index (χ0) is 13.1. The Morgan fingerprint density at radius 1 is 0.947 bits per heavy atom. The third kappa shape index (κ3) is 2.25. The molecule has 5 aliphatic rings. The Balaban J connectivity index is 1.50. The molecule has 0 radical (unpaired) electrons. The van der Waals surface area contributed by atoms with E-state index in [1.165, 1.54) is 51.6 Å². The number of nitrogens with two attached hydrogens (primary N) is 1. The monoisotopic (exact) mass is 262 g/mol. The molecule has 19 heavy (non-hydrogen) atoms. The van der Waals surface area contributed by atoms with E-state index in [1.54, 1.807) is 19.3 Å². The first-order chi connectivity index (χ1) is 9.04. The van der Waals surface area contributed by atoms with Crippen molar-refractivity contribution in [2.24, 2.45) is 28.9 Å². The number of nitrogens with zero attached hydrogens (tertiary/aromatic N) is 1. The predicted octanol–water partition coefficient (Wildman–Crippen LogP) is 3.02. The minimum Gasteiger partial charge on any atom is -0.325 e. The zero-order valence-electron chi connectivity index (χ0n) is 12.5. The first-order valence-corrected chi connectivity index (χ1v) is 8.52. The molecule has 4 saturated carbocycles. The van der Waals surface area contributed by atoms with Crippen molar-refractivity contribution in [1.82, 2.24) is 4.90 Å². The Kier molecular flexibility index (Phi) is 2.80. The summed E-state index contributed by atoms with van der Waals surface area (Å²) in [5, 5.41) is 0. The van der Waals surface area contributed by atoms with Crippen LogP contribution in [0.15, 0.2) is 0 Å². The molecule has 1 aliphatic heterocycles. The van der Waals surface area contributed by atoms with Crippen LogP contribution in [0.5, 0.6) is 0 Å². The Hall–Kier alpha value is -0.0800. The van der Waals surface area contributed by atoms with E-state index in [-0.39, 0.29) is 5.54 Å². The number of rotatable bonds is 2. The molecular formula is C17H30N2. The van der Waals surface area contributed by atoms with Crippen LogP contribution < -0.4 is 5.73 Å². The summed E-state index contributed by atoms with van der Waals surface area (Å²) in [5.74, 6) is 3.21. The largest absolute Gasteiger partial charge is 0.325 e. The second kappa shape index (κ2) is 4.21. The van der Waals surface area contributed by atoms with Crippen LogP contribution in [0.3, 0.4) is 0 Å². The lowest BCUT2D eigenvalue weighted by atomic mass is 9.47. The standard InChI is InChI=1S/C17H30N2/c1-19-4-2-17(18,3-5-19)12-16-9-13-6-14(10-16)8-15(7-13)11-16/h13-15H,2-12,18H2,1H3. The highest BCUT2D eigenvalue weighted by Gasteiger charge is 2.53. The third-order valence-electron chi connectivity index (χ3n) is 6.87. The van der Waals surface area contributed by atoms with Crippen molar-refractivity contribution < 1.29 is 0 Å². The predicted molar refractivity (Wildman–Crippen MR) is 78.9 cm³/mol. The average Bonchev–Trinajstić information content (AvgIpc) is 2.31. The maximum absolute atomic E-state index is 6.82. The molecule has 2 heteroatoms. The van der Waals surface area contributed by atoms with E-state index >= 15 is 0 Å². The second-order valence-electron chi connectivity index (χ2n) is 8.76. The Labute approximate surface area is 118 Å². The summed E-state index contributed by atoms with van der Waals surface area (Å²) >= 11 is 0. The summed E-state index contributed by atoms with van der Waals surface area (Å²) in [5.41, 5.74) is 7.65. The van der Waals surface area contributed by atoms with Crippen molar-refractivity contribution in [2.75, 3.05) is 20.1 Å². The minimum atomic E-state index is 0.165. The SMILES string of the molecule is CN1CCC(N)(CC23CC4CC(CC(C4)C2)C3)CC1. The van der Waals surface area contributed by atoms with E-state index < -0.39 is 0 Å². The van der Waals surface area contributed by atoms with Crippen LogP contribution in [0.2, 0.25) is 0 Å². The van der Waals surface area contributed by atoms with Crippen molar-refractivity contribution in [1.29, 1.82) is 0 Å². The fourth-order valence-electron chi connectivity index (χ4n) is 6.49. The quantitative estimate of drug-likeness (QED) is 0.829. The summed E-state index contributed by atoms with van der Waals surface area (Å²) in [6.45, 7) is 2.42. The molecule has 0 atom stereocenters. The van der Waals surface area contributed by atoms with Gasteiger partial charge in [0.15, 0.2) is 0 Å². The number of hydrogen-bond donors (Lipinski definition) is 1. The molecule has 5 fully saturated rings. The molecule has 0 aromatic heterocycles. The molecule has 0 spiro atoms. The summed E-state index contributed by atoms with van der Waals surface area (Å²) < 4.78 is 0. The Bertz CT molecular complexity index is 319. The van der Waals surface area contributed by atoms with E-state index in [2.05, 4.69) is 11.9 Å². The number of hydrogen-bond acceptors (Lipinski definition) is 2. The maximum atomic E-state index is 6.82. The van der Waals surface area contributed by atoms with Crippen molar-refractivity contribution in [2.45, 2.75) is 63.3 Å². The van der Waals surface area contributed by atoms with Gasteiger partial charge in [-0.1, -0.05) is 0 Å². The third-order valence-corrected chi connectivity index (χ3v) is 6.87. The van der Waals surface area contributed by atoms with Crippen LogP contribution >= 0.6 is 0 Å². The molecule has 0 unspecified atom stereocenters. The first-order valence-electron chi connectivity index (χ1n) is 8.52. The van der Waals surface area contributed by atoms with Crippen molar-refractivity contribution in [3.05, 3.63) is 0 Å². The van der Waals surface area contributed by atoms with Gasteiger partial charge < -0.3 is 10.6 Å². The number of piperidine rings is 1. The summed E-state index contributed by atoms with van der Waals surface area (Å²) in [6, 6.07) is 0. The molecular weight excluding hydrogens is 232 g/mol. The van der Waals surface area contributed by atoms with Gasteiger partial charge >= 0.3 is 0 Å². The van der Waals surface area contributed by atoms with Gasteiger partial charge in [0, 0.05) is 5.54 Å². The molecule has 4 bridgehead atoms. The van der Waals surface area contributed by atoms with Crippen LogP contribution in [0.25, 0.3) is 0 Å². The highest BCUT2D eigenvalue weighted by atomic mass is 15.1.